The van der Waals surface area contributed by atoms with Crippen molar-refractivity contribution in [2.45, 2.75) is 6.92 Å². The van der Waals surface area contributed by atoms with Crippen LogP contribution in [0.1, 0.15) is 18.1 Å². The number of carbonyl (C=O) groups excluding carboxylic acids is 2. The summed E-state index contributed by atoms with van der Waals surface area (Å²) in [5, 5.41) is 3.36. The molecule has 0 fully saturated rings. The van der Waals surface area contributed by atoms with Gasteiger partial charge in [-0.15, -0.1) is 0 Å². The van der Waals surface area contributed by atoms with Gasteiger partial charge in [0.05, 0.1) is 5.69 Å². The predicted molar refractivity (Wildman–Crippen MR) is 121 cm³/mol. The Kier molecular flexibility index (Phi) is 5.46. The summed E-state index contributed by atoms with van der Waals surface area (Å²) in [4.78, 5) is 30.8. The molecule has 6 heteroatoms. The Hall–Kier alpha value is -3.70. The van der Waals surface area contributed by atoms with E-state index in [1.54, 1.807) is 47.4 Å². The molecular weight excluding hydrogens is 398 g/mol. The molecule has 148 valence electrons. The van der Waals surface area contributed by atoms with Crippen LogP contribution in [0, 0.1) is 0 Å². The van der Waals surface area contributed by atoms with Gasteiger partial charge in [-0.1, -0.05) is 54.1 Å². The quantitative estimate of drug-likeness (QED) is 0.600. The summed E-state index contributed by atoms with van der Waals surface area (Å²) in [6.07, 6.45) is 1.74. The van der Waals surface area contributed by atoms with E-state index in [0.29, 0.717) is 27.9 Å². The Morgan fingerprint density at radius 3 is 2.27 bits per heavy atom. The van der Waals surface area contributed by atoms with Gasteiger partial charge < -0.3 is 5.32 Å². The number of carbonyl (C=O) groups is 2. The zero-order valence-electron chi connectivity index (χ0n) is 16.2. The van der Waals surface area contributed by atoms with Crippen LogP contribution in [0.4, 0.5) is 11.4 Å². The normalized spacial score (nSPS) is 14.7. The minimum Gasteiger partial charge on any atom is -0.326 e. The summed E-state index contributed by atoms with van der Waals surface area (Å²) < 4.78 is 0. The second-order valence-electron chi connectivity index (χ2n) is 6.75. The van der Waals surface area contributed by atoms with Crippen LogP contribution in [0.5, 0.6) is 0 Å². The molecule has 0 saturated heterocycles. The van der Waals surface area contributed by atoms with Crippen LogP contribution in [0.25, 0.3) is 6.08 Å². The number of amidine groups is 1. The van der Waals surface area contributed by atoms with Crippen molar-refractivity contribution in [3.63, 3.8) is 0 Å². The molecule has 2 amide bonds. The van der Waals surface area contributed by atoms with Crippen molar-refractivity contribution in [3.05, 3.63) is 101 Å². The summed E-state index contributed by atoms with van der Waals surface area (Å²) >= 11 is 5.96. The molecule has 5 nitrogen and oxygen atoms in total. The molecule has 1 heterocycles. The maximum atomic E-state index is 13.3. The summed E-state index contributed by atoms with van der Waals surface area (Å²) in [5.41, 5.74) is 3.32. The predicted octanol–water partition coefficient (Wildman–Crippen LogP) is 5.13. The fourth-order valence-electron chi connectivity index (χ4n) is 3.15. The lowest BCUT2D eigenvalue weighted by Gasteiger charge is -2.19. The van der Waals surface area contributed by atoms with Gasteiger partial charge in [-0.25, -0.2) is 4.99 Å². The second kappa shape index (κ2) is 8.35. The van der Waals surface area contributed by atoms with Crippen molar-refractivity contribution in [3.8, 4) is 0 Å². The van der Waals surface area contributed by atoms with Crippen LogP contribution in [-0.4, -0.2) is 17.6 Å². The van der Waals surface area contributed by atoms with E-state index < -0.39 is 0 Å². The molecule has 0 saturated carbocycles. The third-order valence-electron chi connectivity index (χ3n) is 4.51. The molecule has 0 aliphatic carbocycles. The average molecular weight is 416 g/mol. The lowest BCUT2D eigenvalue weighted by Crippen LogP contribution is -2.32. The maximum Gasteiger partial charge on any atom is 0.282 e. The molecule has 0 spiro atoms. The number of anilines is 2. The summed E-state index contributed by atoms with van der Waals surface area (Å²) in [6, 6.07) is 23.9. The van der Waals surface area contributed by atoms with Crippen molar-refractivity contribution in [1.29, 1.82) is 0 Å². The highest BCUT2D eigenvalue weighted by Crippen LogP contribution is 2.29. The number of nitrogens with zero attached hydrogens (tertiary/aromatic N) is 2. The van der Waals surface area contributed by atoms with Gasteiger partial charge in [-0.05, 0) is 48.0 Å². The van der Waals surface area contributed by atoms with E-state index in [9.17, 15) is 9.59 Å². The van der Waals surface area contributed by atoms with Crippen molar-refractivity contribution in [2.75, 3.05) is 10.2 Å². The molecule has 0 bridgehead atoms. The van der Waals surface area contributed by atoms with Crippen molar-refractivity contribution in [2.24, 2.45) is 4.99 Å². The van der Waals surface area contributed by atoms with Gasteiger partial charge in [0.1, 0.15) is 11.5 Å². The van der Waals surface area contributed by atoms with Gasteiger partial charge in [0.15, 0.2) is 0 Å². The minimum atomic E-state index is -0.226. The number of hydrogen-bond acceptors (Lipinski definition) is 3. The van der Waals surface area contributed by atoms with Crippen molar-refractivity contribution >= 4 is 46.7 Å². The number of hydrogen-bond donors (Lipinski definition) is 1. The van der Waals surface area contributed by atoms with Crippen LogP contribution < -0.4 is 10.2 Å². The standard InChI is InChI=1S/C24H18ClN3O2/c1-16(29)26-20-11-13-21(14-12-20)28-23(18-5-3-2-4-6-18)27-22(24(28)30)15-17-7-9-19(25)10-8-17/h2-15H,1H3,(H,26,29)/b22-15-. The van der Waals surface area contributed by atoms with Gasteiger partial charge in [-0.3, -0.25) is 14.5 Å². The van der Waals surface area contributed by atoms with Gasteiger partial charge in [0.2, 0.25) is 5.91 Å². The number of aliphatic imine (C=N–C) groups is 1. The molecule has 1 aliphatic rings. The molecule has 1 N–H and O–H groups in total. The second-order valence-corrected chi connectivity index (χ2v) is 7.19. The maximum absolute atomic E-state index is 13.3. The first-order valence-electron chi connectivity index (χ1n) is 9.35. The van der Waals surface area contributed by atoms with E-state index in [1.165, 1.54) is 6.92 Å². The highest BCUT2D eigenvalue weighted by atomic mass is 35.5. The fourth-order valence-corrected chi connectivity index (χ4v) is 3.28. The van der Waals surface area contributed by atoms with E-state index in [-0.39, 0.29) is 11.8 Å². The molecule has 4 rings (SSSR count). The molecule has 0 aromatic heterocycles. The number of amides is 2. The third kappa shape index (κ3) is 4.16. The SMILES string of the molecule is CC(=O)Nc1ccc(N2C(=O)/C(=C/c3ccc(Cl)cc3)N=C2c2ccccc2)cc1. The Labute approximate surface area is 179 Å². The average Bonchev–Trinajstić information content (AvgIpc) is 3.07. The zero-order chi connectivity index (χ0) is 21.1. The summed E-state index contributed by atoms with van der Waals surface area (Å²) in [6.45, 7) is 1.45. The van der Waals surface area contributed by atoms with Crippen molar-refractivity contribution < 1.29 is 9.59 Å². The largest absolute Gasteiger partial charge is 0.326 e. The monoisotopic (exact) mass is 415 g/mol. The Morgan fingerprint density at radius 1 is 0.967 bits per heavy atom. The van der Waals surface area contributed by atoms with E-state index in [1.807, 2.05) is 42.5 Å². The Balaban J connectivity index is 1.74. The van der Waals surface area contributed by atoms with Gasteiger partial charge in [0.25, 0.3) is 5.91 Å². The van der Waals surface area contributed by atoms with Gasteiger partial charge in [0, 0.05) is 23.2 Å². The minimum absolute atomic E-state index is 0.153. The first kappa shape index (κ1) is 19.6. The molecule has 0 atom stereocenters. The number of rotatable bonds is 4. The molecule has 0 radical (unpaired) electrons. The van der Waals surface area contributed by atoms with E-state index in [2.05, 4.69) is 10.3 Å². The molecule has 1 aliphatic heterocycles. The molecule has 3 aromatic rings. The zero-order valence-corrected chi connectivity index (χ0v) is 16.9. The fraction of sp³-hybridized carbons (Fsp3) is 0.0417. The van der Waals surface area contributed by atoms with Crippen LogP contribution in [0.3, 0.4) is 0 Å². The number of benzene rings is 3. The van der Waals surface area contributed by atoms with E-state index >= 15 is 0 Å². The first-order chi connectivity index (χ1) is 14.5. The van der Waals surface area contributed by atoms with Gasteiger partial charge >= 0.3 is 0 Å². The number of nitrogens with one attached hydrogen (secondary N) is 1. The lowest BCUT2D eigenvalue weighted by molar-refractivity contribution is -0.114. The van der Waals surface area contributed by atoms with E-state index in [4.69, 9.17) is 11.6 Å². The van der Waals surface area contributed by atoms with Crippen molar-refractivity contribution in [1.82, 2.24) is 0 Å². The van der Waals surface area contributed by atoms with Gasteiger partial charge in [-0.2, -0.15) is 0 Å². The summed E-state index contributed by atoms with van der Waals surface area (Å²) in [7, 11) is 0. The lowest BCUT2D eigenvalue weighted by atomic mass is 10.1. The van der Waals surface area contributed by atoms with Crippen LogP contribution >= 0.6 is 11.6 Å². The molecule has 3 aromatic carbocycles. The smallest absolute Gasteiger partial charge is 0.282 e. The first-order valence-corrected chi connectivity index (χ1v) is 9.72. The van der Waals surface area contributed by atoms with E-state index in [0.717, 1.165) is 11.1 Å². The summed E-state index contributed by atoms with van der Waals surface area (Å²) in [5.74, 6) is 0.170. The highest BCUT2D eigenvalue weighted by molar-refractivity contribution is 6.33. The number of halogens is 1. The van der Waals surface area contributed by atoms with Crippen LogP contribution in [0.2, 0.25) is 5.02 Å². The van der Waals surface area contributed by atoms with Crippen LogP contribution in [-0.2, 0) is 9.59 Å². The molecular formula is C24H18ClN3O2. The molecule has 30 heavy (non-hydrogen) atoms. The van der Waals surface area contributed by atoms with Crippen LogP contribution in [0.15, 0.2) is 89.6 Å². The Bertz CT molecular complexity index is 1150. The third-order valence-corrected chi connectivity index (χ3v) is 4.76. The molecule has 0 unspecified atom stereocenters. The topological polar surface area (TPSA) is 61.8 Å². The highest BCUT2D eigenvalue weighted by Gasteiger charge is 2.32. The Morgan fingerprint density at radius 2 is 1.63 bits per heavy atom.